The van der Waals surface area contributed by atoms with Crippen molar-refractivity contribution < 1.29 is 10.2 Å². The van der Waals surface area contributed by atoms with E-state index < -0.39 is 12.1 Å². The average Bonchev–Trinajstić information content (AvgIpc) is 1.87. The summed E-state index contributed by atoms with van der Waals surface area (Å²) < 4.78 is 0. The Kier molecular flexibility index (Phi) is 4.61. The minimum absolute atomic E-state index is 0.193. The van der Waals surface area contributed by atoms with Crippen molar-refractivity contribution in [3.8, 4) is 0 Å². The third kappa shape index (κ3) is 3.42. The van der Waals surface area contributed by atoms with Crippen molar-refractivity contribution >= 4 is 0 Å². The maximum atomic E-state index is 8.95. The molecule has 0 aliphatic carbocycles. The van der Waals surface area contributed by atoms with Gasteiger partial charge in [-0.3, -0.25) is 0 Å². The second-order valence-corrected chi connectivity index (χ2v) is 1.99. The highest BCUT2D eigenvalue weighted by Gasteiger charge is 2.11. The summed E-state index contributed by atoms with van der Waals surface area (Å²) in [5.41, 5.74) is 10.4. The van der Waals surface area contributed by atoms with Gasteiger partial charge in [0.25, 0.3) is 0 Å². The van der Waals surface area contributed by atoms with Gasteiger partial charge in [-0.1, -0.05) is 0 Å². The molecule has 2 unspecified atom stereocenters. The first-order valence-corrected chi connectivity index (χ1v) is 2.97. The topological polar surface area (TPSA) is 92.5 Å². The number of aliphatic hydroxyl groups excluding tert-OH is 2. The molecule has 0 aromatic heterocycles. The van der Waals surface area contributed by atoms with Crippen LogP contribution < -0.4 is 11.5 Å². The lowest BCUT2D eigenvalue weighted by Crippen LogP contribution is -2.38. The van der Waals surface area contributed by atoms with Crippen molar-refractivity contribution in [3.05, 3.63) is 0 Å². The monoisotopic (exact) mass is 134 g/mol. The quantitative estimate of drug-likeness (QED) is 0.358. The van der Waals surface area contributed by atoms with Crippen molar-refractivity contribution in [2.45, 2.75) is 18.6 Å². The summed E-state index contributed by atoms with van der Waals surface area (Å²) in [6.07, 6.45) is -0.221. The number of nitrogens with two attached hydrogens (primary N) is 2. The maximum Gasteiger partial charge on any atom is 0.0725 e. The average molecular weight is 134 g/mol. The fourth-order valence-corrected chi connectivity index (χ4v) is 0.507. The number of aliphatic hydroxyl groups is 2. The zero-order valence-corrected chi connectivity index (χ0v) is 5.33. The normalized spacial score (nSPS) is 17.3. The summed E-state index contributed by atoms with van der Waals surface area (Å²) in [7, 11) is 0. The molecular weight excluding hydrogens is 120 g/mol. The smallest absolute Gasteiger partial charge is 0.0725 e. The number of hydrogen-bond acceptors (Lipinski definition) is 4. The molecule has 0 saturated carbocycles. The first kappa shape index (κ1) is 8.84. The van der Waals surface area contributed by atoms with Crippen molar-refractivity contribution in [1.82, 2.24) is 0 Å². The van der Waals surface area contributed by atoms with Crippen LogP contribution in [0.3, 0.4) is 0 Å². The highest BCUT2D eigenvalue weighted by atomic mass is 16.3. The van der Waals surface area contributed by atoms with Crippen LogP contribution in [0.1, 0.15) is 6.42 Å². The van der Waals surface area contributed by atoms with E-state index in [4.69, 9.17) is 21.7 Å². The molecule has 0 saturated heterocycles. The van der Waals surface area contributed by atoms with E-state index in [1.807, 2.05) is 0 Å². The third-order valence-corrected chi connectivity index (χ3v) is 1.17. The molecule has 0 heterocycles. The molecule has 0 spiro atoms. The number of hydrogen-bond donors (Lipinski definition) is 4. The van der Waals surface area contributed by atoms with Gasteiger partial charge in [-0.15, -0.1) is 0 Å². The summed E-state index contributed by atoms with van der Waals surface area (Å²) in [4.78, 5) is 0. The standard InChI is InChI=1S/C5H14N2O2/c6-2-1-5(9)4(7)3-8/h4-5,8-9H,1-3,6-7H2. The second-order valence-electron chi connectivity index (χ2n) is 1.99. The van der Waals surface area contributed by atoms with Gasteiger partial charge in [0.05, 0.1) is 18.8 Å². The van der Waals surface area contributed by atoms with E-state index in [0.29, 0.717) is 13.0 Å². The molecule has 0 fully saturated rings. The first-order chi connectivity index (χ1) is 4.22. The molecule has 4 nitrogen and oxygen atoms in total. The Labute approximate surface area is 54.5 Å². The molecule has 0 bridgehead atoms. The van der Waals surface area contributed by atoms with Crippen molar-refractivity contribution in [3.63, 3.8) is 0 Å². The van der Waals surface area contributed by atoms with Crippen LogP contribution in [0.2, 0.25) is 0 Å². The van der Waals surface area contributed by atoms with E-state index in [0.717, 1.165) is 0 Å². The third-order valence-electron chi connectivity index (χ3n) is 1.17. The van der Waals surface area contributed by atoms with Crippen LogP contribution in [0.15, 0.2) is 0 Å². The minimum Gasteiger partial charge on any atom is -0.395 e. The zero-order valence-electron chi connectivity index (χ0n) is 5.33. The molecule has 2 atom stereocenters. The molecule has 6 N–H and O–H groups in total. The molecule has 0 radical (unpaired) electrons. The van der Waals surface area contributed by atoms with Crippen LogP contribution >= 0.6 is 0 Å². The Bertz CT molecular complexity index is 70.0. The van der Waals surface area contributed by atoms with Gasteiger partial charge >= 0.3 is 0 Å². The summed E-state index contributed by atoms with van der Waals surface area (Å²) in [6.45, 7) is 0.204. The van der Waals surface area contributed by atoms with E-state index in [2.05, 4.69) is 0 Å². The molecule has 0 amide bonds. The fraction of sp³-hybridized carbons (Fsp3) is 1.00. The molecule has 0 aliphatic heterocycles. The summed E-state index contributed by atoms with van der Waals surface area (Å²) in [5, 5.41) is 17.4. The van der Waals surface area contributed by atoms with Crippen molar-refractivity contribution in [1.29, 1.82) is 0 Å². The summed E-state index contributed by atoms with van der Waals surface area (Å²) in [6, 6.07) is -0.548. The lowest BCUT2D eigenvalue weighted by molar-refractivity contribution is 0.103. The van der Waals surface area contributed by atoms with Gasteiger partial charge in [0.2, 0.25) is 0 Å². The van der Waals surface area contributed by atoms with Gasteiger partial charge in [0.1, 0.15) is 0 Å². The SMILES string of the molecule is NCCC(O)C(N)CO. The van der Waals surface area contributed by atoms with Crippen molar-refractivity contribution in [2.24, 2.45) is 11.5 Å². The zero-order chi connectivity index (χ0) is 7.28. The van der Waals surface area contributed by atoms with E-state index in [1.54, 1.807) is 0 Å². The first-order valence-electron chi connectivity index (χ1n) is 2.97. The molecule has 4 heteroatoms. The molecule has 9 heavy (non-hydrogen) atoms. The Morgan fingerprint density at radius 3 is 2.33 bits per heavy atom. The molecule has 56 valence electrons. The van der Waals surface area contributed by atoms with Crippen LogP contribution in [-0.2, 0) is 0 Å². The van der Waals surface area contributed by atoms with Gasteiger partial charge in [0.15, 0.2) is 0 Å². The largest absolute Gasteiger partial charge is 0.395 e. The van der Waals surface area contributed by atoms with Gasteiger partial charge in [-0.05, 0) is 13.0 Å². The molecule has 0 aromatic rings. The predicted molar refractivity (Wildman–Crippen MR) is 34.7 cm³/mol. The lowest BCUT2D eigenvalue weighted by atomic mass is 10.1. The van der Waals surface area contributed by atoms with Gasteiger partial charge in [-0.25, -0.2) is 0 Å². The van der Waals surface area contributed by atoms with Gasteiger partial charge in [-0.2, -0.15) is 0 Å². The summed E-state index contributed by atoms with van der Waals surface area (Å²) in [5.74, 6) is 0. The van der Waals surface area contributed by atoms with E-state index >= 15 is 0 Å². The summed E-state index contributed by atoms with van der Waals surface area (Å²) >= 11 is 0. The van der Waals surface area contributed by atoms with Gasteiger partial charge < -0.3 is 21.7 Å². The second kappa shape index (κ2) is 4.69. The number of rotatable bonds is 4. The van der Waals surface area contributed by atoms with Crippen LogP contribution in [0.4, 0.5) is 0 Å². The van der Waals surface area contributed by atoms with Crippen molar-refractivity contribution in [2.75, 3.05) is 13.2 Å². The fourth-order valence-electron chi connectivity index (χ4n) is 0.507. The van der Waals surface area contributed by atoms with Gasteiger partial charge in [0, 0.05) is 0 Å². The molecule has 0 aliphatic rings. The van der Waals surface area contributed by atoms with E-state index in [-0.39, 0.29) is 6.61 Å². The minimum atomic E-state index is -0.667. The highest BCUT2D eigenvalue weighted by Crippen LogP contribution is 1.92. The molecule has 0 aromatic carbocycles. The Hall–Kier alpha value is -0.160. The Morgan fingerprint density at radius 1 is 1.44 bits per heavy atom. The highest BCUT2D eigenvalue weighted by molar-refractivity contribution is 4.69. The van der Waals surface area contributed by atoms with E-state index in [9.17, 15) is 0 Å². The maximum absolute atomic E-state index is 8.95. The molecular formula is C5H14N2O2. The Morgan fingerprint density at radius 2 is 2.00 bits per heavy atom. The lowest BCUT2D eigenvalue weighted by Gasteiger charge is -2.14. The predicted octanol–water partition coefficient (Wildman–Crippen LogP) is -1.98. The van der Waals surface area contributed by atoms with Crippen LogP contribution in [-0.4, -0.2) is 35.5 Å². The van der Waals surface area contributed by atoms with E-state index in [1.165, 1.54) is 0 Å². The Balaban J connectivity index is 3.32. The molecule has 0 rings (SSSR count). The van der Waals surface area contributed by atoms with Crippen LogP contribution in [0.25, 0.3) is 0 Å². The van der Waals surface area contributed by atoms with Crippen LogP contribution in [0.5, 0.6) is 0 Å². The van der Waals surface area contributed by atoms with Crippen LogP contribution in [0, 0.1) is 0 Å².